The van der Waals surface area contributed by atoms with E-state index in [1.54, 1.807) is 0 Å². The van der Waals surface area contributed by atoms with Crippen LogP contribution in [-0.2, 0) is 11.2 Å². The SMILES string of the molecule is Cc1cccc(N2CCN(C(=O)CNCCCc3ccccc3)CC2)c1C. The van der Waals surface area contributed by atoms with Gasteiger partial charge in [-0.1, -0.05) is 42.5 Å². The maximum atomic E-state index is 12.4. The summed E-state index contributed by atoms with van der Waals surface area (Å²) in [7, 11) is 0. The lowest BCUT2D eigenvalue weighted by molar-refractivity contribution is -0.130. The quantitative estimate of drug-likeness (QED) is 0.766. The van der Waals surface area contributed by atoms with Crippen molar-refractivity contribution < 1.29 is 4.79 Å². The summed E-state index contributed by atoms with van der Waals surface area (Å²) in [4.78, 5) is 16.8. The van der Waals surface area contributed by atoms with E-state index < -0.39 is 0 Å². The molecule has 0 bridgehead atoms. The minimum atomic E-state index is 0.218. The molecule has 1 aliphatic heterocycles. The van der Waals surface area contributed by atoms with Gasteiger partial charge in [0.1, 0.15) is 0 Å². The average molecular weight is 366 g/mol. The van der Waals surface area contributed by atoms with Crippen molar-refractivity contribution in [2.75, 3.05) is 44.2 Å². The van der Waals surface area contributed by atoms with Crippen LogP contribution >= 0.6 is 0 Å². The number of aryl methyl sites for hydroxylation is 2. The van der Waals surface area contributed by atoms with Crippen LogP contribution in [0.2, 0.25) is 0 Å². The smallest absolute Gasteiger partial charge is 0.236 e. The topological polar surface area (TPSA) is 35.6 Å². The van der Waals surface area contributed by atoms with E-state index in [0.717, 1.165) is 45.6 Å². The van der Waals surface area contributed by atoms with Gasteiger partial charge in [-0.3, -0.25) is 4.79 Å². The van der Waals surface area contributed by atoms with Crippen LogP contribution in [0.3, 0.4) is 0 Å². The highest BCUT2D eigenvalue weighted by Crippen LogP contribution is 2.23. The van der Waals surface area contributed by atoms with Gasteiger partial charge in [0, 0.05) is 31.9 Å². The highest BCUT2D eigenvalue weighted by molar-refractivity contribution is 5.78. The van der Waals surface area contributed by atoms with Crippen LogP contribution in [0.5, 0.6) is 0 Å². The van der Waals surface area contributed by atoms with Gasteiger partial charge in [-0.25, -0.2) is 0 Å². The van der Waals surface area contributed by atoms with Gasteiger partial charge >= 0.3 is 0 Å². The van der Waals surface area contributed by atoms with Gasteiger partial charge in [-0.15, -0.1) is 0 Å². The van der Waals surface area contributed by atoms with E-state index >= 15 is 0 Å². The Kier molecular flexibility index (Phi) is 6.88. The largest absolute Gasteiger partial charge is 0.368 e. The molecule has 0 aromatic heterocycles. The van der Waals surface area contributed by atoms with Gasteiger partial charge in [-0.2, -0.15) is 0 Å². The fraction of sp³-hybridized carbons (Fsp3) is 0.435. The standard InChI is InChI=1S/C23H31N3O/c1-19-8-6-12-22(20(19)2)25-14-16-26(17-15-25)23(27)18-24-13-7-11-21-9-4-3-5-10-21/h3-6,8-10,12,24H,7,11,13-18H2,1-2H3. The Balaban J connectivity index is 1.36. The fourth-order valence-electron chi connectivity index (χ4n) is 3.64. The molecule has 144 valence electrons. The number of anilines is 1. The molecule has 0 unspecified atom stereocenters. The molecule has 4 nitrogen and oxygen atoms in total. The van der Waals surface area contributed by atoms with Crippen molar-refractivity contribution in [2.24, 2.45) is 0 Å². The highest BCUT2D eigenvalue weighted by Gasteiger charge is 2.21. The second-order valence-corrected chi connectivity index (χ2v) is 7.35. The van der Waals surface area contributed by atoms with Gasteiger partial charge in [0.15, 0.2) is 0 Å². The van der Waals surface area contributed by atoms with Gasteiger partial charge < -0.3 is 15.1 Å². The Bertz CT molecular complexity index is 737. The van der Waals surface area contributed by atoms with Crippen molar-refractivity contribution in [1.82, 2.24) is 10.2 Å². The van der Waals surface area contributed by atoms with Gasteiger partial charge in [0.2, 0.25) is 5.91 Å². The van der Waals surface area contributed by atoms with Gasteiger partial charge in [0.25, 0.3) is 0 Å². The maximum Gasteiger partial charge on any atom is 0.236 e. The number of nitrogens with one attached hydrogen (secondary N) is 1. The number of hydrogen-bond acceptors (Lipinski definition) is 3. The molecule has 1 heterocycles. The van der Waals surface area contributed by atoms with Crippen molar-refractivity contribution in [3.05, 3.63) is 65.2 Å². The van der Waals surface area contributed by atoms with E-state index in [2.05, 4.69) is 66.5 Å². The van der Waals surface area contributed by atoms with Crippen molar-refractivity contribution in [3.63, 3.8) is 0 Å². The zero-order valence-corrected chi connectivity index (χ0v) is 16.6. The first-order chi connectivity index (χ1) is 13.1. The molecule has 0 atom stereocenters. The number of carbonyl (C=O) groups is 1. The third-order valence-electron chi connectivity index (χ3n) is 5.49. The molecule has 1 N–H and O–H groups in total. The minimum absolute atomic E-state index is 0.218. The monoisotopic (exact) mass is 365 g/mol. The molecule has 27 heavy (non-hydrogen) atoms. The Morgan fingerprint density at radius 1 is 0.963 bits per heavy atom. The third kappa shape index (κ3) is 5.33. The lowest BCUT2D eigenvalue weighted by Gasteiger charge is -2.37. The zero-order chi connectivity index (χ0) is 19.1. The Hall–Kier alpha value is -2.33. The fourth-order valence-corrected chi connectivity index (χ4v) is 3.64. The van der Waals surface area contributed by atoms with Crippen LogP contribution in [0.4, 0.5) is 5.69 Å². The van der Waals surface area contributed by atoms with Crippen LogP contribution in [0.25, 0.3) is 0 Å². The normalized spacial score (nSPS) is 14.4. The molecule has 1 fully saturated rings. The van der Waals surface area contributed by atoms with Crippen LogP contribution in [0.15, 0.2) is 48.5 Å². The zero-order valence-electron chi connectivity index (χ0n) is 16.6. The summed E-state index contributed by atoms with van der Waals surface area (Å²) >= 11 is 0. The summed E-state index contributed by atoms with van der Waals surface area (Å²) < 4.78 is 0. The summed E-state index contributed by atoms with van der Waals surface area (Å²) in [5.74, 6) is 0.218. The van der Waals surface area contributed by atoms with Crippen molar-refractivity contribution in [1.29, 1.82) is 0 Å². The molecule has 0 radical (unpaired) electrons. The van der Waals surface area contributed by atoms with Crippen LogP contribution < -0.4 is 10.2 Å². The molecule has 0 aliphatic carbocycles. The van der Waals surface area contributed by atoms with Gasteiger partial charge in [0.05, 0.1) is 6.54 Å². The lowest BCUT2D eigenvalue weighted by atomic mass is 10.1. The summed E-state index contributed by atoms with van der Waals surface area (Å²) in [6.07, 6.45) is 2.11. The van der Waals surface area contributed by atoms with Crippen molar-refractivity contribution >= 4 is 11.6 Å². The molecule has 1 saturated heterocycles. The summed E-state index contributed by atoms with van der Waals surface area (Å²) in [5, 5.41) is 3.31. The molecule has 0 spiro atoms. The molecule has 0 saturated carbocycles. The Labute approximate surface area is 163 Å². The molecular formula is C23H31N3O. The first-order valence-electron chi connectivity index (χ1n) is 9.99. The first-order valence-corrected chi connectivity index (χ1v) is 9.99. The second-order valence-electron chi connectivity index (χ2n) is 7.35. The number of piperazine rings is 1. The van der Waals surface area contributed by atoms with Crippen molar-refractivity contribution in [2.45, 2.75) is 26.7 Å². The lowest BCUT2D eigenvalue weighted by Crippen LogP contribution is -2.51. The number of carbonyl (C=O) groups excluding carboxylic acids is 1. The summed E-state index contributed by atoms with van der Waals surface area (Å²) in [5.41, 5.74) is 5.33. The van der Waals surface area contributed by atoms with Crippen LogP contribution in [0, 0.1) is 13.8 Å². The molecule has 1 aliphatic rings. The van der Waals surface area contributed by atoms with Crippen LogP contribution in [0.1, 0.15) is 23.1 Å². The molecule has 2 aromatic carbocycles. The number of benzene rings is 2. The number of hydrogen-bond donors (Lipinski definition) is 1. The first kappa shape index (κ1) is 19.4. The van der Waals surface area contributed by atoms with E-state index in [-0.39, 0.29) is 5.91 Å². The van der Waals surface area contributed by atoms with E-state index in [1.165, 1.54) is 22.4 Å². The maximum absolute atomic E-state index is 12.4. The predicted molar refractivity (Wildman–Crippen MR) is 112 cm³/mol. The molecule has 4 heteroatoms. The van der Waals surface area contributed by atoms with E-state index in [4.69, 9.17) is 0 Å². The van der Waals surface area contributed by atoms with E-state index in [9.17, 15) is 4.79 Å². The number of amides is 1. The van der Waals surface area contributed by atoms with E-state index in [0.29, 0.717) is 6.54 Å². The molecule has 3 rings (SSSR count). The average Bonchev–Trinajstić information content (AvgIpc) is 2.70. The molecular weight excluding hydrogens is 334 g/mol. The highest BCUT2D eigenvalue weighted by atomic mass is 16.2. The van der Waals surface area contributed by atoms with Gasteiger partial charge in [-0.05, 0) is 56.0 Å². The van der Waals surface area contributed by atoms with Crippen molar-refractivity contribution in [3.8, 4) is 0 Å². The number of rotatable bonds is 7. The third-order valence-corrected chi connectivity index (χ3v) is 5.49. The summed E-state index contributed by atoms with van der Waals surface area (Å²) in [6.45, 7) is 9.08. The summed E-state index contributed by atoms with van der Waals surface area (Å²) in [6, 6.07) is 17.0. The van der Waals surface area contributed by atoms with E-state index in [1.807, 2.05) is 11.0 Å². The second kappa shape index (κ2) is 9.56. The predicted octanol–water partition coefficient (Wildman–Crippen LogP) is 3.17. The molecule has 2 aromatic rings. The Morgan fingerprint density at radius 2 is 1.70 bits per heavy atom. The molecule has 1 amide bonds. The Morgan fingerprint density at radius 3 is 2.44 bits per heavy atom. The van der Waals surface area contributed by atoms with Crippen LogP contribution in [-0.4, -0.2) is 50.1 Å². The number of nitrogens with zero attached hydrogens (tertiary/aromatic N) is 2. The minimum Gasteiger partial charge on any atom is -0.368 e.